The first kappa shape index (κ1) is 26.6. The van der Waals surface area contributed by atoms with Crippen molar-refractivity contribution < 1.29 is 19.2 Å². The summed E-state index contributed by atoms with van der Waals surface area (Å²) in [4.78, 5) is 23.6. The molecule has 3 aromatic rings. The van der Waals surface area contributed by atoms with Gasteiger partial charge in [-0.05, 0) is 72.5 Å². The van der Waals surface area contributed by atoms with Gasteiger partial charge in [0.15, 0.2) is 17.0 Å². The van der Waals surface area contributed by atoms with Crippen molar-refractivity contribution in [1.29, 1.82) is 0 Å². The van der Waals surface area contributed by atoms with Crippen molar-refractivity contribution in [3.63, 3.8) is 0 Å². The quantitative estimate of drug-likeness (QED) is 0.159. The van der Waals surface area contributed by atoms with E-state index in [1.54, 1.807) is 18.2 Å². The molecule has 4 rings (SSSR count). The summed E-state index contributed by atoms with van der Waals surface area (Å²) < 4.78 is 12.5. The summed E-state index contributed by atoms with van der Waals surface area (Å²) in [6.07, 6.45) is 2.79. The van der Waals surface area contributed by atoms with Gasteiger partial charge in [0.25, 0.3) is 11.6 Å². The molecule has 1 aliphatic heterocycles. The molecule has 1 fully saturated rings. The zero-order valence-electron chi connectivity index (χ0n) is 20.3. The van der Waals surface area contributed by atoms with E-state index >= 15 is 0 Å². The number of non-ortho nitro benzene ring substituents is 1. The lowest BCUT2D eigenvalue weighted by atomic mass is 10.1. The normalized spacial score (nSPS) is 15.9. The van der Waals surface area contributed by atoms with Gasteiger partial charge in [-0.15, -0.1) is 0 Å². The minimum absolute atomic E-state index is 0.0274. The summed E-state index contributed by atoms with van der Waals surface area (Å²) >= 11 is 4.99. The van der Waals surface area contributed by atoms with E-state index in [4.69, 9.17) is 9.47 Å². The Hall–Kier alpha value is -3.50. The highest BCUT2D eigenvalue weighted by atomic mass is 79.9. The van der Waals surface area contributed by atoms with Crippen LogP contribution in [0.25, 0.3) is 6.08 Å². The highest BCUT2D eigenvalue weighted by Crippen LogP contribution is 2.38. The number of aryl methyl sites for hydroxylation is 1. The third-order valence-corrected chi connectivity index (χ3v) is 7.30. The minimum atomic E-state index is -0.438. The van der Waals surface area contributed by atoms with Crippen LogP contribution >= 0.6 is 27.7 Å². The number of carbonyl (C=O) groups is 1. The molecule has 1 atom stereocenters. The summed E-state index contributed by atoms with van der Waals surface area (Å²) in [5.41, 5.74) is 3.50. The fourth-order valence-corrected chi connectivity index (χ4v) is 5.02. The predicted molar refractivity (Wildman–Crippen MR) is 150 cm³/mol. The number of nitro benzene ring substituents is 1. The molecule has 0 unspecified atom stereocenters. The van der Waals surface area contributed by atoms with Crippen molar-refractivity contribution in [2.75, 3.05) is 11.9 Å². The molecule has 192 valence electrons. The fraction of sp³-hybridized carbons (Fsp3) is 0.222. The Morgan fingerprint density at radius 1 is 1.05 bits per heavy atom. The van der Waals surface area contributed by atoms with E-state index in [0.717, 1.165) is 27.7 Å². The standard InChI is InChI=1S/C27H26BrN3O5S/c1-3-17-5-9-20(10-6-17)29-27-30-26(32)25(37-27)14-19-13-23(35-4-2)24(15-22(19)28)36-16-18-7-11-21(12-8-18)31(33)34/h5-15,27,29H,3-4,16H2,1-2H3,(H,30,32)/b25-14-/t27-/m0/s1. The summed E-state index contributed by atoms with van der Waals surface area (Å²) in [6, 6.07) is 18.0. The number of hydrogen-bond donors (Lipinski definition) is 2. The SMILES string of the molecule is CCOc1cc(/C=C2\S[C@@H](Nc3ccc(CC)cc3)NC2=O)c(Br)cc1OCc1ccc([N+](=O)[O-])cc1. The van der Waals surface area contributed by atoms with Crippen LogP contribution in [0.4, 0.5) is 11.4 Å². The highest BCUT2D eigenvalue weighted by Gasteiger charge is 2.27. The first-order valence-electron chi connectivity index (χ1n) is 11.7. The maximum Gasteiger partial charge on any atom is 0.269 e. The third-order valence-electron chi connectivity index (χ3n) is 5.58. The molecule has 8 nitrogen and oxygen atoms in total. The number of ether oxygens (including phenoxy) is 2. The van der Waals surface area contributed by atoms with Gasteiger partial charge >= 0.3 is 0 Å². The van der Waals surface area contributed by atoms with E-state index in [1.807, 2.05) is 31.2 Å². The van der Waals surface area contributed by atoms with E-state index in [0.29, 0.717) is 23.0 Å². The first-order chi connectivity index (χ1) is 17.9. The number of rotatable bonds is 10. The summed E-state index contributed by atoms with van der Waals surface area (Å²) in [5.74, 6) is 0.900. The summed E-state index contributed by atoms with van der Waals surface area (Å²) in [7, 11) is 0. The van der Waals surface area contributed by atoms with Crippen molar-refractivity contribution in [1.82, 2.24) is 5.32 Å². The number of halogens is 1. The number of carbonyl (C=O) groups excluding carboxylic acids is 1. The zero-order valence-corrected chi connectivity index (χ0v) is 22.7. The molecular formula is C27H26BrN3O5S. The molecule has 10 heteroatoms. The van der Waals surface area contributed by atoms with Crippen molar-refractivity contribution in [3.8, 4) is 11.5 Å². The number of nitro groups is 1. The van der Waals surface area contributed by atoms with Crippen LogP contribution in [0.5, 0.6) is 11.5 Å². The Morgan fingerprint density at radius 3 is 2.38 bits per heavy atom. The van der Waals surface area contributed by atoms with Crippen LogP contribution in [0.3, 0.4) is 0 Å². The molecule has 1 saturated heterocycles. The Morgan fingerprint density at radius 2 is 1.73 bits per heavy atom. The van der Waals surface area contributed by atoms with Gasteiger partial charge in [-0.2, -0.15) is 0 Å². The van der Waals surface area contributed by atoms with Gasteiger partial charge in [-0.1, -0.05) is 46.7 Å². The fourth-order valence-electron chi connectivity index (χ4n) is 3.61. The second-order valence-corrected chi connectivity index (χ2v) is 10.1. The molecule has 0 bridgehead atoms. The zero-order chi connectivity index (χ0) is 26.4. The molecule has 0 aromatic heterocycles. The molecule has 1 amide bonds. The van der Waals surface area contributed by atoms with Crippen LogP contribution in [0.1, 0.15) is 30.5 Å². The van der Waals surface area contributed by atoms with Crippen LogP contribution < -0.4 is 20.1 Å². The van der Waals surface area contributed by atoms with Gasteiger partial charge in [0, 0.05) is 22.3 Å². The average molecular weight is 584 g/mol. The molecular weight excluding hydrogens is 558 g/mol. The van der Waals surface area contributed by atoms with Crippen LogP contribution in [-0.4, -0.2) is 22.9 Å². The van der Waals surface area contributed by atoms with E-state index in [2.05, 4.69) is 45.6 Å². The molecule has 1 heterocycles. The molecule has 0 radical (unpaired) electrons. The largest absolute Gasteiger partial charge is 0.490 e. The Balaban J connectivity index is 1.47. The highest BCUT2D eigenvalue weighted by molar-refractivity contribution is 9.10. The average Bonchev–Trinajstić information content (AvgIpc) is 3.23. The Labute approximate surface area is 227 Å². The molecule has 0 saturated carbocycles. The number of thioether (sulfide) groups is 1. The van der Waals surface area contributed by atoms with E-state index < -0.39 is 4.92 Å². The maximum absolute atomic E-state index is 12.6. The number of anilines is 1. The van der Waals surface area contributed by atoms with Crippen LogP contribution in [0, 0.1) is 10.1 Å². The molecule has 1 aliphatic rings. The van der Waals surface area contributed by atoms with Crippen molar-refractivity contribution in [2.45, 2.75) is 32.4 Å². The molecule has 2 N–H and O–H groups in total. The van der Waals surface area contributed by atoms with Gasteiger partial charge in [0.1, 0.15) is 6.61 Å². The van der Waals surface area contributed by atoms with E-state index in [1.165, 1.54) is 29.5 Å². The first-order valence-corrected chi connectivity index (χ1v) is 13.4. The lowest BCUT2D eigenvalue weighted by Gasteiger charge is -2.14. The number of nitrogens with one attached hydrogen (secondary N) is 2. The minimum Gasteiger partial charge on any atom is -0.490 e. The number of benzene rings is 3. The maximum atomic E-state index is 12.6. The van der Waals surface area contributed by atoms with Crippen molar-refractivity contribution in [2.24, 2.45) is 0 Å². The monoisotopic (exact) mass is 583 g/mol. The molecule has 0 aliphatic carbocycles. The smallest absolute Gasteiger partial charge is 0.269 e. The van der Waals surface area contributed by atoms with Gasteiger partial charge in [-0.25, -0.2) is 0 Å². The summed E-state index contributed by atoms with van der Waals surface area (Å²) in [6.45, 7) is 4.64. The predicted octanol–water partition coefficient (Wildman–Crippen LogP) is 6.50. The second-order valence-electron chi connectivity index (χ2n) is 8.14. The third kappa shape index (κ3) is 6.84. The van der Waals surface area contributed by atoms with Gasteiger partial charge in [0.05, 0.1) is 16.4 Å². The number of hydrogen-bond acceptors (Lipinski definition) is 7. The number of amides is 1. The molecule has 37 heavy (non-hydrogen) atoms. The lowest BCUT2D eigenvalue weighted by Crippen LogP contribution is -2.30. The lowest BCUT2D eigenvalue weighted by molar-refractivity contribution is -0.384. The number of nitrogens with zero attached hydrogens (tertiary/aromatic N) is 1. The van der Waals surface area contributed by atoms with Gasteiger partial charge in [0.2, 0.25) is 0 Å². The van der Waals surface area contributed by atoms with E-state index in [9.17, 15) is 14.9 Å². The topological polar surface area (TPSA) is 103 Å². The Bertz CT molecular complexity index is 1310. The summed E-state index contributed by atoms with van der Waals surface area (Å²) in [5, 5.41) is 17.1. The van der Waals surface area contributed by atoms with Crippen LogP contribution in [0.15, 0.2) is 70.0 Å². The molecule has 0 spiro atoms. The Kier molecular flexibility index (Phi) is 8.73. The van der Waals surface area contributed by atoms with Gasteiger partial charge < -0.3 is 20.1 Å². The van der Waals surface area contributed by atoms with Crippen LogP contribution in [0.2, 0.25) is 0 Å². The second kappa shape index (κ2) is 12.2. The van der Waals surface area contributed by atoms with Crippen LogP contribution in [-0.2, 0) is 17.8 Å². The molecule has 3 aromatic carbocycles. The van der Waals surface area contributed by atoms with Crippen molar-refractivity contribution >= 4 is 51.0 Å². The van der Waals surface area contributed by atoms with Gasteiger partial charge in [-0.3, -0.25) is 14.9 Å². The van der Waals surface area contributed by atoms with Crippen molar-refractivity contribution in [3.05, 3.63) is 96.8 Å². The van der Waals surface area contributed by atoms with E-state index in [-0.39, 0.29) is 23.7 Å².